The molecule has 6 heteroatoms. The second kappa shape index (κ2) is 10.3. The van der Waals surface area contributed by atoms with E-state index in [0.29, 0.717) is 19.6 Å². The van der Waals surface area contributed by atoms with E-state index in [1.54, 1.807) is 5.01 Å². The average molecular weight is 448 g/mol. The molecule has 6 nitrogen and oxygen atoms in total. The van der Waals surface area contributed by atoms with Gasteiger partial charge >= 0.3 is 5.97 Å². The van der Waals surface area contributed by atoms with Gasteiger partial charge in [-0.1, -0.05) is 54.4 Å². The van der Waals surface area contributed by atoms with Gasteiger partial charge in [0.25, 0.3) is 5.91 Å². The molecule has 2 aromatic rings. The number of hydrogen-bond acceptors (Lipinski definition) is 5. The topological polar surface area (TPSA) is 62.2 Å². The molecule has 174 valence electrons. The molecule has 0 N–H and O–H groups in total. The van der Waals surface area contributed by atoms with Crippen molar-refractivity contribution in [1.82, 2.24) is 9.91 Å². The van der Waals surface area contributed by atoms with Crippen molar-refractivity contribution in [3.8, 4) is 0 Å². The van der Waals surface area contributed by atoms with E-state index >= 15 is 0 Å². The highest BCUT2D eigenvalue weighted by atomic mass is 16.5. The van der Waals surface area contributed by atoms with Gasteiger partial charge in [-0.05, 0) is 57.4 Å². The van der Waals surface area contributed by atoms with E-state index < -0.39 is 0 Å². The van der Waals surface area contributed by atoms with Crippen LogP contribution >= 0.6 is 0 Å². The smallest absolute Gasteiger partial charge is 0.323 e. The summed E-state index contributed by atoms with van der Waals surface area (Å²) >= 11 is 0. The second-order valence-electron chi connectivity index (χ2n) is 8.97. The summed E-state index contributed by atoms with van der Waals surface area (Å²) < 4.78 is 5.28. The normalized spacial score (nSPS) is 21.1. The molecule has 2 aliphatic rings. The van der Waals surface area contributed by atoms with Crippen molar-refractivity contribution in [2.24, 2.45) is 5.10 Å². The number of benzene rings is 2. The van der Waals surface area contributed by atoms with Crippen molar-refractivity contribution in [2.75, 3.05) is 19.7 Å². The van der Waals surface area contributed by atoms with Crippen LogP contribution in [0.15, 0.2) is 53.6 Å². The SMILES string of the molecule is CCOC(=O)[C@H]1CCCCN1CC(=O)N1N=C(c2cc(C)ccc2C)C[C@H]1c1ccccc1. The number of carbonyl (C=O) groups is 2. The second-order valence-corrected chi connectivity index (χ2v) is 8.97. The fourth-order valence-corrected chi connectivity index (χ4v) is 4.82. The summed E-state index contributed by atoms with van der Waals surface area (Å²) in [6, 6.07) is 15.9. The third-order valence-corrected chi connectivity index (χ3v) is 6.56. The fraction of sp³-hybridized carbons (Fsp3) is 0.444. The molecular weight excluding hydrogens is 414 g/mol. The highest BCUT2D eigenvalue weighted by Crippen LogP contribution is 2.34. The zero-order valence-corrected chi connectivity index (χ0v) is 19.8. The van der Waals surface area contributed by atoms with Crippen LogP contribution in [-0.4, -0.2) is 53.2 Å². The van der Waals surface area contributed by atoms with Crippen LogP contribution in [0.1, 0.15) is 60.9 Å². The minimum absolute atomic E-state index is 0.0830. The van der Waals surface area contributed by atoms with Gasteiger partial charge in [0.2, 0.25) is 0 Å². The summed E-state index contributed by atoms with van der Waals surface area (Å²) in [5.74, 6) is -0.314. The first-order chi connectivity index (χ1) is 16.0. The molecular formula is C27H33N3O3. The molecule has 0 aromatic heterocycles. The minimum Gasteiger partial charge on any atom is -0.465 e. The van der Waals surface area contributed by atoms with Crippen molar-refractivity contribution in [2.45, 2.75) is 58.5 Å². The maximum absolute atomic E-state index is 13.6. The quantitative estimate of drug-likeness (QED) is 0.616. The van der Waals surface area contributed by atoms with E-state index in [0.717, 1.165) is 41.7 Å². The van der Waals surface area contributed by atoms with Crippen LogP contribution in [0.2, 0.25) is 0 Å². The summed E-state index contributed by atoms with van der Waals surface area (Å²) in [5.41, 5.74) is 5.41. The molecule has 2 heterocycles. The molecule has 1 saturated heterocycles. The largest absolute Gasteiger partial charge is 0.465 e. The van der Waals surface area contributed by atoms with Gasteiger partial charge in [0.05, 0.1) is 24.9 Å². The highest BCUT2D eigenvalue weighted by Gasteiger charge is 2.37. The van der Waals surface area contributed by atoms with Gasteiger partial charge < -0.3 is 4.74 Å². The maximum atomic E-state index is 13.6. The summed E-state index contributed by atoms with van der Waals surface area (Å²) in [4.78, 5) is 28.0. The molecule has 33 heavy (non-hydrogen) atoms. The Labute approximate surface area is 196 Å². The van der Waals surface area contributed by atoms with Crippen molar-refractivity contribution in [3.63, 3.8) is 0 Å². The number of piperidine rings is 1. The predicted molar refractivity (Wildman–Crippen MR) is 129 cm³/mol. The van der Waals surface area contributed by atoms with Crippen LogP contribution in [0.5, 0.6) is 0 Å². The van der Waals surface area contributed by atoms with Crippen LogP contribution in [-0.2, 0) is 14.3 Å². The lowest BCUT2D eigenvalue weighted by atomic mass is 9.95. The van der Waals surface area contributed by atoms with Gasteiger partial charge in [0, 0.05) is 12.0 Å². The van der Waals surface area contributed by atoms with Crippen LogP contribution < -0.4 is 0 Å². The van der Waals surface area contributed by atoms with E-state index in [-0.39, 0.29) is 30.5 Å². The Kier molecular flexibility index (Phi) is 7.23. The van der Waals surface area contributed by atoms with Gasteiger partial charge in [0.15, 0.2) is 0 Å². The molecule has 0 spiro atoms. The molecule has 0 saturated carbocycles. The number of hydrogen-bond donors (Lipinski definition) is 0. The molecule has 1 amide bonds. The van der Waals surface area contributed by atoms with Crippen LogP contribution in [0.3, 0.4) is 0 Å². The average Bonchev–Trinajstić information content (AvgIpc) is 3.27. The molecule has 2 aliphatic heterocycles. The number of likely N-dealkylation sites (tertiary alicyclic amines) is 1. The number of amides is 1. The van der Waals surface area contributed by atoms with E-state index in [2.05, 4.69) is 44.2 Å². The molecule has 0 unspecified atom stereocenters. The van der Waals surface area contributed by atoms with Gasteiger partial charge in [0.1, 0.15) is 6.04 Å². The van der Waals surface area contributed by atoms with Gasteiger partial charge in [-0.15, -0.1) is 0 Å². The molecule has 0 radical (unpaired) electrons. The lowest BCUT2D eigenvalue weighted by molar-refractivity contribution is -0.152. The van der Waals surface area contributed by atoms with Crippen LogP contribution in [0, 0.1) is 13.8 Å². The number of esters is 1. The number of rotatable bonds is 6. The van der Waals surface area contributed by atoms with E-state index in [4.69, 9.17) is 9.84 Å². The van der Waals surface area contributed by atoms with Crippen molar-refractivity contribution < 1.29 is 14.3 Å². The van der Waals surface area contributed by atoms with Crippen molar-refractivity contribution in [1.29, 1.82) is 0 Å². The molecule has 1 fully saturated rings. The van der Waals surface area contributed by atoms with Gasteiger partial charge in [-0.2, -0.15) is 5.10 Å². The van der Waals surface area contributed by atoms with Crippen LogP contribution in [0.25, 0.3) is 0 Å². The molecule has 0 aliphatic carbocycles. The third kappa shape index (κ3) is 5.17. The Bertz CT molecular complexity index is 1030. The zero-order chi connectivity index (χ0) is 23.4. The highest BCUT2D eigenvalue weighted by molar-refractivity contribution is 6.04. The molecule has 2 aromatic carbocycles. The van der Waals surface area contributed by atoms with E-state index in [9.17, 15) is 9.59 Å². The van der Waals surface area contributed by atoms with E-state index in [1.807, 2.05) is 30.0 Å². The summed E-state index contributed by atoms with van der Waals surface area (Å²) in [5, 5.41) is 6.49. The summed E-state index contributed by atoms with van der Waals surface area (Å²) in [6.07, 6.45) is 3.34. The first-order valence-electron chi connectivity index (χ1n) is 11.9. The molecule has 2 atom stereocenters. The lowest BCUT2D eigenvalue weighted by Crippen LogP contribution is -2.49. The summed E-state index contributed by atoms with van der Waals surface area (Å²) in [6.45, 7) is 7.19. The molecule has 4 rings (SSSR count). The Morgan fingerprint density at radius 1 is 1.09 bits per heavy atom. The van der Waals surface area contributed by atoms with Gasteiger partial charge in [-0.3, -0.25) is 14.5 Å². The molecule has 0 bridgehead atoms. The Hall–Kier alpha value is -2.99. The number of nitrogens with zero attached hydrogens (tertiary/aromatic N) is 3. The zero-order valence-electron chi connectivity index (χ0n) is 19.8. The van der Waals surface area contributed by atoms with Crippen LogP contribution in [0.4, 0.5) is 0 Å². The van der Waals surface area contributed by atoms with Crippen molar-refractivity contribution in [3.05, 3.63) is 70.8 Å². The summed E-state index contributed by atoms with van der Waals surface area (Å²) in [7, 11) is 0. The Morgan fingerprint density at radius 2 is 1.88 bits per heavy atom. The lowest BCUT2D eigenvalue weighted by Gasteiger charge is -2.34. The van der Waals surface area contributed by atoms with Gasteiger partial charge in [-0.25, -0.2) is 5.01 Å². The Balaban J connectivity index is 1.61. The monoisotopic (exact) mass is 447 g/mol. The maximum Gasteiger partial charge on any atom is 0.323 e. The minimum atomic E-state index is -0.358. The number of hydrazone groups is 1. The Morgan fingerprint density at radius 3 is 2.64 bits per heavy atom. The van der Waals surface area contributed by atoms with Crippen molar-refractivity contribution >= 4 is 17.6 Å². The standard InChI is InChI=1S/C27H33N3O3/c1-4-33-27(32)24-12-8-9-15-29(24)18-26(31)30-25(21-10-6-5-7-11-21)17-23(28-30)22-16-19(2)13-14-20(22)3/h5-7,10-11,13-14,16,24-25H,4,8-9,12,15,17-18H2,1-3H3/t24-,25+/m1/s1. The predicted octanol–water partition coefficient (Wildman–Crippen LogP) is 4.40. The fourth-order valence-electron chi connectivity index (χ4n) is 4.82. The first kappa shape index (κ1) is 23.2. The number of ether oxygens (including phenoxy) is 1. The third-order valence-electron chi connectivity index (χ3n) is 6.56. The number of aryl methyl sites for hydroxylation is 2. The van der Waals surface area contributed by atoms with E-state index in [1.165, 1.54) is 5.56 Å². The number of carbonyl (C=O) groups excluding carboxylic acids is 2. The first-order valence-corrected chi connectivity index (χ1v) is 11.9.